The number of thioether (sulfide) groups is 1. The van der Waals surface area contributed by atoms with Crippen LogP contribution in [0, 0.1) is 6.92 Å². The Hall–Kier alpha value is -4.05. The highest BCUT2D eigenvalue weighted by Crippen LogP contribution is 2.28. The second-order valence-electron chi connectivity index (χ2n) is 8.57. The summed E-state index contributed by atoms with van der Waals surface area (Å²) in [5.74, 6) is -0.285. The van der Waals surface area contributed by atoms with Crippen LogP contribution in [-0.4, -0.2) is 28.1 Å². The monoisotopic (exact) mass is 594 g/mol. The van der Waals surface area contributed by atoms with Gasteiger partial charge >= 0.3 is 0 Å². The van der Waals surface area contributed by atoms with Crippen molar-refractivity contribution in [3.8, 4) is 0 Å². The summed E-state index contributed by atoms with van der Waals surface area (Å²) in [6, 6.07) is 22.1. The molecule has 0 spiro atoms. The Kier molecular flexibility index (Phi) is 9.65. The average molecular weight is 596 g/mol. The van der Waals surface area contributed by atoms with E-state index in [4.69, 9.17) is 27.7 Å². The molecule has 1 unspecified atom stereocenters. The Bertz CT molecular complexity index is 1560. The number of amides is 3. The van der Waals surface area contributed by atoms with E-state index in [0.29, 0.717) is 33.4 Å². The van der Waals surface area contributed by atoms with E-state index in [-0.39, 0.29) is 16.6 Å². The fraction of sp³-hybridized carbons (Fsp3) is 0.103. The van der Waals surface area contributed by atoms with Gasteiger partial charge in [-0.25, -0.2) is 0 Å². The highest BCUT2D eigenvalue weighted by Gasteiger charge is 2.18. The molecule has 3 aromatic carbocycles. The van der Waals surface area contributed by atoms with E-state index in [2.05, 4.69) is 21.1 Å². The molecular weight excluding hydrogens is 571 g/mol. The number of aryl methyl sites for hydroxylation is 1. The molecule has 8 nitrogen and oxygen atoms in total. The van der Waals surface area contributed by atoms with Crippen molar-refractivity contribution in [3.63, 3.8) is 0 Å². The molecule has 3 N–H and O–H groups in total. The molecular formula is C29H24Cl2N4O4S. The molecule has 1 atom stereocenters. The lowest BCUT2D eigenvalue weighted by molar-refractivity contribution is -0.115. The Balaban J connectivity index is 1.46. The van der Waals surface area contributed by atoms with E-state index in [9.17, 15) is 14.4 Å². The fourth-order valence-corrected chi connectivity index (χ4v) is 4.69. The second-order valence-corrected chi connectivity index (χ2v) is 10.8. The van der Waals surface area contributed by atoms with Gasteiger partial charge in [-0.15, -0.1) is 11.8 Å². The molecule has 1 heterocycles. The molecule has 1 aromatic heterocycles. The number of carbonyl (C=O) groups excluding carboxylic acids is 3. The summed E-state index contributed by atoms with van der Waals surface area (Å²) in [7, 11) is 0. The summed E-state index contributed by atoms with van der Waals surface area (Å²) in [5, 5.41) is 12.1. The highest BCUT2D eigenvalue weighted by molar-refractivity contribution is 8.00. The number of nitrogens with zero attached hydrogens (tertiary/aromatic N) is 1. The first-order valence-electron chi connectivity index (χ1n) is 12.0. The van der Waals surface area contributed by atoms with Crippen molar-refractivity contribution in [2.45, 2.75) is 24.0 Å². The standard InChI is InChI=1S/C29H24Cl2N4O4S/c1-17-15-25(35-39-17)34-27(36)18(2)40-22-13-11-21(12-14-22)32-29(38)24(16-20-9-6-10-23(30)26(20)31)33-28(37)19-7-4-3-5-8-19/h3-16,18H,1-2H3,(H,32,38)(H,33,37)(H,34,35,36)/b24-16-. The van der Waals surface area contributed by atoms with Crippen LogP contribution < -0.4 is 16.0 Å². The number of rotatable bonds is 9. The van der Waals surface area contributed by atoms with Crippen LogP contribution in [0.15, 0.2) is 94.0 Å². The van der Waals surface area contributed by atoms with Gasteiger partial charge in [-0.3, -0.25) is 14.4 Å². The Morgan fingerprint density at radius 3 is 2.35 bits per heavy atom. The average Bonchev–Trinajstić information content (AvgIpc) is 3.36. The van der Waals surface area contributed by atoms with E-state index >= 15 is 0 Å². The summed E-state index contributed by atoms with van der Waals surface area (Å²) in [6.07, 6.45) is 1.46. The third-order valence-electron chi connectivity index (χ3n) is 5.48. The van der Waals surface area contributed by atoms with Crippen LogP contribution in [0.3, 0.4) is 0 Å². The number of nitrogens with one attached hydrogen (secondary N) is 3. The van der Waals surface area contributed by atoms with Crippen LogP contribution in [0.1, 0.15) is 28.6 Å². The van der Waals surface area contributed by atoms with Gasteiger partial charge in [0.2, 0.25) is 5.91 Å². The highest BCUT2D eigenvalue weighted by atomic mass is 35.5. The van der Waals surface area contributed by atoms with E-state index in [1.807, 2.05) is 0 Å². The molecule has 204 valence electrons. The zero-order valence-electron chi connectivity index (χ0n) is 21.4. The van der Waals surface area contributed by atoms with Gasteiger partial charge < -0.3 is 20.5 Å². The number of carbonyl (C=O) groups is 3. The molecule has 0 saturated carbocycles. The van der Waals surface area contributed by atoms with Gasteiger partial charge in [-0.1, -0.05) is 58.7 Å². The normalized spacial score (nSPS) is 11.9. The molecule has 4 rings (SSSR count). The zero-order valence-corrected chi connectivity index (χ0v) is 23.7. The molecule has 0 bridgehead atoms. The van der Waals surface area contributed by atoms with E-state index in [1.165, 1.54) is 17.8 Å². The van der Waals surface area contributed by atoms with Gasteiger partial charge in [0.1, 0.15) is 11.5 Å². The predicted molar refractivity (Wildman–Crippen MR) is 159 cm³/mol. The van der Waals surface area contributed by atoms with Crippen molar-refractivity contribution in [2.75, 3.05) is 10.6 Å². The minimum Gasteiger partial charge on any atom is -0.360 e. The van der Waals surface area contributed by atoms with Crippen LogP contribution >= 0.6 is 35.0 Å². The Labute approximate surface area is 245 Å². The first kappa shape index (κ1) is 28.9. The van der Waals surface area contributed by atoms with Crippen LogP contribution in [-0.2, 0) is 9.59 Å². The fourth-order valence-electron chi connectivity index (χ4n) is 3.46. The quantitative estimate of drug-likeness (QED) is 0.145. The van der Waals surface area contributed by atoms with Crippen LogP contribution in [0.5, 0.6) is 0 Å². The third kappa shape index (κ3) is 7.75. The summed E-state index contributed by atoms with van der Waals surface area (Å²) >= 11 is 13.8. The maximum Gasteiger partial charge on any atom is 0.272 e. The molecule has 0 saturated heterocycles. The molecule has 0 fully saturated rings. The molecule has 0 aliphatic rings. The molecule has 3 amide bonds. The van der Waals surface area contributed by atoms with Gasteiger partial charge in [0.15, 0.2) is 5.82 Å². The first-order valence-corrected chi connectivity index (χ1v) is 13.7. The summed E-state index contributed by atoms with van der Waals surface area (Å²) in [5.41, 5.74) is 1.32. The number of halogens is 2. The Morgan fingerprint density at radius 1 is 0.950 bits per heavy atom. The molecule has 11 heteroatoms. The minimum atomic E-state index is -0.559. The number of aromatic nitrogens is 1. The number of hydrogen-bond acceptors (Lipinski definition) is 6. The van der Waals surface area contributed by atoms with Crippen LogP contribution in [0.25, 0.3) is 6.08 Å². The van der Waals surface area contributed by atoms with Crippen LogP contribution in [0.4, 0.5) is 11.5 Å². The lowest BCUT2D eigenvalue weighted by Crippen LogP contribution is -2.30. The van der Waals surface area contributed by atoms with Crippen molar-refractivity contribution < 1.29 is 18.9 Å². The topological polar surface area (TPSA) is 113 Å². The summed E-state index contributed by atoms with van der Waals surface area (Å²) in [6.45, 7) is 3.51. The Morgan fingerprint density at radius 2 is 1.68 bits per heavy atom. The minimum absolute atomic E-state index is 0.0233. The second kappa shape index (κ2) is 13.3. The van der Waals surface area contributed by atoms with E-state index in [1.54, 1.807) is 92.7 Å². The van der Waals surface area contributed by atoms with E-state index < -0.39 is 17.1 Å². The SMILES string of the molecule is Cc1cc(NC(=O)C(C)Sc2ccc(NC(=O)/C(=C/c3cccc(Cl)c3Cl)NC(=O)c3ccccc3)cc2)no1. The van der Waals surface area contributed by atoms with E-state index in [0.717, 1.165) is 4.90 Å². The van der Waals surface area contributed by atoms with Crippen molar-refractivity contribution in [1.82, 2.24) is 10.5 Å². The van der Waals surface area contributed by atoms with Crippen molar-refractivity contribution >= 4 is 70.3 Å². The van der Waals surface area contributed by atoms with Gasteiger partial charge in [-0.2, -0.15) is 0 Å². The molecule has 0 aliphatic heterocycles. The molecule has 0 radical (unpaired) electrons. The lowest BCUT2D eigenvalue weighted by atomic mass is 10.1. The van der Waals surface area contributed by atoms with Crippen molar-refractivity contribution in [3.05, 3.63) is 111 Å². The van der Waals surface area contributed by atoms with Gasteiger partial charge in [0.25, 0.3) is 11.8 Å². The number of anilines is 2. The van der Waals surface area contributed by atoms with Gasteiger partial charge in [-0.05, 0) is 68.0 Å². The van der Waals surface area contributed by atoms with Crippen LogP contribution in [0.2, 0.25) is 10.0 Å². The van der Waals surface area contributed by atoms with Crippen molar-refractivity contribution in [2.24, 2.45) is 0 Å². The maximum absolute atomic E-state index is 13.3. The number of hydrogen-bond donors (Lipinski definition) is 3. The predicted octanol–water partition coefficient (Wildman–Crippen LogP) is 6.82. The molecule has 40 heavy (non-hydrogen) atoms. The van der Waals surface area contributed by atoms with Gasteiger partial charge in [0, 0.05) is 22.2 Å². The number of benzene rings is 3. The molecule has 0 aliphatic carbocycles. The smallest absolute Gasteiger partial charge is 0.272 e. The lowest BCUT2D eigenvalue weighted by Gasteiger charge is -2.13. The summed E-state index contributed by atoms with van der Waals surface area (Å²) < 4.78 is 4.97. The van der Waals surface area contributed by atoms with Crippen molar-refractivity contribution in [1.29, 1.82) is 0 Å². The maximum atomic E-state index is 13.3. The summed E-state index contributed by atoms with van der Waals surface area (Å²) in [4.78, 5) is 39.4. The molecule has 4 aromatic rings. The largest absolute Gasteiger partial charge is 0.360 e. The zero-order chi connectivity index (χ0) is 28.6. The third-order valence-corrected chi connectivity index (χ3v) is 7.43. The first-order chi connectivity index (χ1) is 19.2. The van der Waals surface area contributed by atoms with Gasteiger partial charge in [0.05, 0.1) is 15.3 Å².